The Morgan fingerprint density at radius 2 is 2.10 bits per heavy atom. The first-order valence-corrected chi connectivity index (χ1v) is 8.03. The minimum atomic E-state index is -4.40. The fourth-order valence-corrected chi connectivity index (χ4v) is 2.22. The molecule has 1 unspecified atom stereocenters. The van der Waals surface area contributed by atoms with Crippen molar-refractivity contribution in [3.05, 3.63) is 28.1 Å². The Kier molecular flexibility index (Phi) is 5.29. The summed E-state index contributed by atoms with van der Waals surface area (Å²) in [4.78, 5) is 9.10. The molecule has 0 amide bonds. The summed E-state index contributed by atoms with van der Waals surface area (Å²) in [7, 11) is 0.607. The van der Waals surface area contributed by atoms with Gasteiger partial charge in [0.15, 0.2) is 5.75 Å². The van der Waals surface area contributed by atoms with E-state index in [1.54, 1.807) is 0 Å². The smallest absolute Gasteiger partial charge is 0.312 e. The van der Waals surface area contributed by atoms with Gasteiger partial charge in [-0.1, -0.05) is 20.3 Å². The minimum Gasteiger partial charge on any atom is -0.486 e. The highest BCUT2D eigenvalue weighted by atomic mass is 35.7. The molecular weight excluding hydrogens is 313 g/mol. The predicted octanol–water partition coefficient (Wildman–Crippen LogP) is 3.09. The lowest BCUT2D eigenvalue weighted by molar-refractivity contribution is -0.386. The highest BCUT2D eigenvalue weighted by Crippen LogP contribution is 2.33. The fraction of sp³-hybridized carbons (Fsp3) is 0.455. The molecule has 0 aliphatic carbocycles. The van der Waals surface area contributed by atoms with E-state index < -0.39 is 30.4 Å². The molecule has 0 N–H and O–H groups in total. The number of nitrogens with zero attached hydrogens (tertiary/aromatic N) is 1. The van der Waals surface area contributed by atoms with Crippen LogP contribution in [-0.2, 0) is 9.05 Å². The van der Waals surface area contributed by atoms with Gasteiger partial charge in [0.05, 0.1) is 11.5 Å². The Morgan fingerprint density at radius 3 is 2.55 bits per heavy atom. The van der Waals surface area contributed by atoms with E-state index in [-0.39, 0.29) is 18.3 Å². The molecule has 6 nitrogen and oxygen atoms in total. The van der Waals surface area contributed by atoms with Gasteiger partial charge < -0.3 is 4.74 Å². The van der Waals surface area contributed by atoms with Gasteiger partial charge >= 0.3 is 5.69 Å². The second-order valence-corrected chi connectivity index (χ2v) is 6.80. The number of benzene rings is 1. The summed E-state index contributed by atoms with van der Waals surface area (Å²) in [6.45, 7) is 3.93. The monoisotopic (exact) mass is 325 g/mol. The van der Waals surface area contributed by atoms with E-state index in [0.29, 0.717) is 12.1 Å². The van der Waals surface area contributed by atoms with Gasteiger partial charge in [-0.2, -0.15) is 0 Å². The van der Waals surface area contributed by atoms with E-state index in [9.17, 15) is 22.9 Å². The normalized spacial score (nSPS) is 13.0. The maximum Gasteiger partial charge on any atom is 0.312 e. The van der Waals surface area contributed by atoms with Crippen molar-refractivity contribution >= 4 is 25.4 Å². The Hall–Kier alpha value is -1.41. The number of hydrogen-bond donors (Lipinski definition) is 0. The molecule has 0 saturated carbocycles. The predicted molar refractivity (Wildman–Crippen MR) is 71.0 cm³/mol. The Bertz CT molecular complexity index is 619. The third-order valence-electron chi connectivity index (χ3n) is 2.69. The van der Waals surface area contributed by atoms with Crippen LogP contribution in [0.2, 0.25) is 0 Å². The van der Waals surface area contributed by atoms with Crippen LogP contribution < -0.4 is 4.74 Å². The van der Waals surface area contributed by atoms with Gasteiger partial charge in [0.1, 0.15) is 10.7 Å². The molecule has 0 radical (unpaired) electrons. The summed E-state index contributed by atoms with van der Waals surface area (Å²) in [5, 5.41) is 10.9. The second-order valence-electron chi connectivity index (χ2n) is 4.27. The number of ether oxygens (including phenoxy) is 1. The maximum absolute atomic E-state index is 13.6. The van der Waals surface area contributed by atoms with Crippen LogP contribution in [-0.4, -0.2) is 19.9 Å². The third kappa shape index (κ3) is 4.04. The summed E-state index contributed by atoms with van der Waals surface area (Å²) in [6.07, 6.45) is 0.782. The first kappa shape index (κ1) is 16.6. The van der Waals surface area contributed by atoms with Crippen LogP contribution in [0.15, 0.2) is 17.0 Å². The Labute approximate surface area is 120 Å². The highest BCUT2D eigenvalue weighted by Gasteiger charge is 2.26. The van der Waals surface area contributed by atoms with Crippen LogP contribution in [0, 0.1) is 21.8 Å². The third-order valence-corrected chi connectivity index (χ3v) is 4.03. The number of halogens is 2. The van der Waals surface area contributed by atoms with Crippen molar-refractivity contribution in [2.75, 3.05) is 6.61 Å². The number of rotatable bonds is 6. The second kappa shape index (κ2) is 6.36. The molecule has 0 aliphatic rings. The van der Waals surface area contributed by atoms with E-state index in [2.05, 4.69) is 0 Å². The molecule has 1 aromatic carbocycles. The molecule has 9 heteroatoms. The molecule has 1 rings (SSSR count). The molecule has 0 spiro atoms. The zero-order valence-corrected chi connectivity index (χ0v) is 12.4. The van der Waals surface area contributed by atoms with Crippen molar-refractivity contribution in [1.29, 1.82) is 0 Å². The quantitative estimate of drug-likeness (QED) is 0.455. The van der Waals surface area contributed by atoms with Gasteiger partial charge in [0, 0.05) is 22.8 Å². The van der Waals surface area contributed by atoms with Gasteiger partial charge in [0.2, 0.25) is 0 Å². The van der Waals surface area contributed by atoms with E-state index in [1.807, 2.05) is 13.8 Å². The first-order valence-electron chi connectivity index (χ1n) is 5.72. The van der Waals surface area contributed by atoms with Crippen molar-refractivity contribution in [3.63, 3.8) is 0 Å². The lowest BCUT2D eigenvalue weighted by Gasteiger charge is -2.11. The largest absolute Gasteiger partial charge is 0.486 e. The molecule has 0 bridgehead atoms. The summed E-state index contributed by atoms with van der Waals surface area (Å²) >= 11 is 0. The van der Waals surface area contributed by atoms with Crippen molar-refractivity contribution in [1.82, 2.24) is 0 Å². The topological polar surface area (TPSA) is 86.5 Å². The SMILES string of the molecule is CCC(C)COc1cc(F)c(S(=O)(=O)Cl)cc1[N+](=O)[O-]. The minimum absolute atomic E-state index is 0.120. The fourth-order valence-electron chi connectivity index (χ4n) is 1.32. The van der Waals surface area contributed by atoms with Crippen LogP contribution >= 0.6 is 10.7 Å². The van der Waals surface area contributed by atoms with Crippen LogP contribution in [0.25, 0.3) is 0 Å². The van der Waals surface area contributed by atoms with Gasteiger partial charge in [-0.15, -0.1) is 0 Å². The molecule has 1 atom stereocenters. The summed E-state index contributed by atoms with van der Waals surface area (Å²) in [5.41, 5.74) is -0.645. The van der Waals surface area contributed by atoms with E-state index in [1.165, 1.54) is 0 Å². The maximum atomic E-state index is 13.6. The van der Waals surface area contributed by atoms with Crippen molar-refractivity contribution in [2.24, 2.45) is 5.92 Å². The van der Waals surface area contributed by atoms with Crippen LogP contribution in [0.5, 0.6) is 5.75 Å². The highest BCUT2D eigenvalue weighted by molar-refractivity contribution is 8.13. The molecule has 0 aromatic heterocycles. The zero-order valence-electron chi connectivity index (χ0n) is 10.8. The first-order chi connectivity index (χ1) is 9.16. The van der Waals surface area contributed by atoms with Gasteiger partial charge in [-0.3, -0.25) is 10.1 Å². The summed E-state index contributed by atoms with van der Waals surface area (Å²) in [6, 6.07) is 1.22. The molecule has 0 heterocycles. The van der Waals surface area contributed by atoms with Crippen LogP contribution in [0.3, 0.4) is 0 Å². The number of hydrogen-bond acceptors (Lipinski definition) is 5. The van der Waals surface area contributed by atoms with Crippen molar-refractivity contribution in [3.8, 4) is 5.75 Å². The summed E-state index contributed by atoms with van der Waals surface area (Å²) < 4.78 is 41.0. The molecule has 20 heavy (non-hydrogen) atoms. The number of nitro benzene ring substituents is 1. The van der Waals surface area contributed by atoms with E-state index in [4.69, 9.17) is 15.4 Å². The lowest BCUT2D eigenvalue weighted by Crippen LogP contribution is -2.09. The molecule has 112 valence electrons. The lowest BCUT2D eigenvalue weighted by atomic mass is 10.1. The molecular formula is C11H13ClFNO5S. The van der Waals surface area contributed by atoms with Gasteiger partial charge in [-0.05, 0) is 5.92 Å². The van der Waals surface area contributed by atoms with Gasteiger partial charge in [0.25, 0.3) is 9.05 Å². The van der Waals surface area contributed by atoms with Gasteiger partial charge in [-0.25, -0.2) is 12.8 Å². The Balaban J connectivity index is 3.25. The van der Waals surface area contributed by atoms with Crippen LogP contribution in [0.1, 0.15) is 20.3 Å². The number of nitro groups is 1. The average Bonchev–Trinajstić information content (AvgIpc) is 2.33. The molecule has 1 aromatic rings. The van der Waals surface area contributed by atoms with Crippen LogP contribution in [0.4, 0.5) is 10.1 Å². The van der Waals surface area contributed by atoms with E-state index in [0.717, 1.165) is 6.42 Å². The average molecular weight is 326 g/mol. The zero-order chi connectivity index (χ0) is 15.5. The Morgan fingerprint density at radius 1 is 1.50 bits per heavy atom. The van der Waals surface area contributed by atoms with E-state index >= 15 is 0 Å². The van der Waals surface area contributed by atoms with Crippen molar-refractivity contribution in [2.45, 2.75) is 25.2 Å². The standard InChI is InChI=1S/C11H13ClFNO5S/c1-3-7(2)6-19-10-4-8(13)11(20(12,17)18)5-9(10)14(15)16/h4-5,7H,3,6H2,1-2H3. The molecule has 0 saturated heterocycles. The summed E-state index contributed by atoms with van der Waals surface area (Å²) in [5.74, 6) is -1.39. The molecule has 0 aliphatic heterocycles. The molecule has 0 fully saturated rings. The van der Waals surface area contributed by atoms with Crippen molar-refractivity contribution < 1.29 is 22.5 Å².